The Morgan fingerprint density at radius 3 is 1.62 bits per heavy atom. The fourth-order valence-electron chi connectivity index (χ4n) is 3.76. The molecule has 0 aromatic heterocycles. The second-order valence-electron chi connectivity index (χ2n) is 7.30. The van der Waals surface area contributed by atoms with Crippen molar-refractivity contribution in [3.63, 3.8) is 0 Å². The van der Waals surface area contributed by atoms with Crippen LogP contribution in [0.4, 0.5) is 11.4 Å². The smallest absolute Gasteiger partial charge is 0.0533 e. The molecular formula is C30H24BrN. The summed E-state index contributed by atoms with van der Waals surface area (Å²) >= 11 is 3.55. The molecule has 0 aliphatic rings. The minimum Gasteiger partial charge on any atom is -0.310 e. The maximum atomic E-state index is 4.15. The van der Waals surface area contributed by atoms with Crippen molar-refractivity contribution in [3.05, 3.63) is 150 Å². The molecule has 0 N–H and O–H groups in total. The molecule has 0 saturated heterocycles. The van der Waals surface area contributed by atoms with E-state index in [0.29, 0.717) is 0 Å². The number of hydrogen-bond acceptors (Lipinski definition) is 1. The van der Waals surface area contributed by atoms with E-state index in [4.69, 9.17) is 0 Å². The van der Waals surface area contributed by atoms with Crippen molar-refractivity contribution < 1.29 is 0 Å². The van der Waals surface area contributed by atoms with Crippen LogP contribution < -0.4 is 4.90 Å². The fourth-order valence-corrected chi connectivity index (χ4v) is 4.03. The van der Waals surface area contributed by atoms with Gasteiger partial charge in [0, 0.05) is 21.4 Å². The van der Waals surface area contributed by atoms with Crippen LogP contribution in [0.3, 0.4) is 0 Å². The van der Waals surface area contributed by atoms with Crippen LogP contribution in [0.15, 0.2) is 145 Å². The maximum absolute atomic E-state index is 4.15. The van der Waals surface area contributed by atoms with Crippen LogP contribution in [0, 0.1) is 0 Å². The summed E-state index contributed by atoms with van der Waals surface area (Å²) < 4.78 is 1.04. The van der Waals surface area contributed by atoms with Crippen LogP contribution >= 0.6 is 15.9 Å². The van der Waals surface area contributed by atoms with Gasteiger partial charge in [0.2, 0.25) is 0 Å². The first-order valence-electron chi connectivity index (χ1n) is 10.5. The molecule has 0 aliphatic heterocycles. The highest BCUT2D eigenvalue weighted by Crippen LogP contribution is 2.36. The van der Waals surface area contributed by atoms with E-state index >= 15 is 0 Å². The van der Waals surface area contributed by atoms with Crippen LogP contribution in [0.1, 0.15) is 5.56 Å². The standard InChI is InChI=1S/C30H24BrN/c1-3-29(25-13-9-6-10-14-25)30(4-2)32(28-21-17-26(31)18-22-28)27-19-15-24(16-20-27)23-11-7-5-8-12-23/h3-22H,1-2H2/b30-29-. The maximum Gasteiger partial charge on any atom is 0.0533 e. The molecule has 0 saturated carbocycles. The summed E-state index contributed by atoms with van der Waals surface area (Å²) in [5.74, 6) is 0. The fraction of sp³-hybridized carbons (Fsp3) is 0. The Balaban J connectivity index is 1.87. The summed E-state index contributed by atoms with van der Waals surface area (Å²) in [6.45, 7) is 8.26. The van der Waals surface area contributed by atoms with Crippen molar-refractivity contribution in [2.45, 2.75) is 0 Å². The summed E-state index contributed by atoms with van der Waals surface area (Å²) in [7, 11) is 0. The molecule has 0 fully saturated rings. The summed E-state index contributed by atoms with van der Waals surface area (Å²) in [6, 6.07) is 37.6. The van der Waals surface area contributed by atoms with E-state index < -0.39 is 0 Å². The Hall–Kier alpha value is -3.62. The Kier molecular flexibility index (Phi) is 6.84. The van der Waals surface area contributed by atoms with Crippen molar-refractivity contribution in [2.24, 2.45) is 0 Å². The quantitative estimate of drug-likeness (QED) is 0.240. The minimum absolute atomic E-state index is 0.973. The lowest BCUT2D eigenvalue weighted by molar-refractivity contribution is 1.21. The number of halogens is 1. The average molecular weight is 478 g/mol. The van der Waals surface area contributed by atoms with Gasteiger partial charge in [-0.05, 0) is 59.2 Å². The number of rotatable bonds is 7. The van der Waals surface area contributed by atoms with Crippen LogP contribution in [-0.2, 0) is 0 Å². The minimum atomic E-state index is 0.973. The third-order valence-corrected chi connectivity index (χ3v) is 5.85. The van der Waals surface area contributed by atoms with Crippen molar-refractivity contribution in [1.29, 1.82) is 0 Å². The molecule has 0 spiro atoms. The molecule has 0 heterocycles. The topological polar surface area (TPSA) is 3.24 Å². The summed E-state index contributed by atoms with van der Waals surface area (Å²) in [6.07, 6.45) is 3.80. The Bertz CT molecular complexity index is 1220. The molecule has 0 amide bonds. The Morgan fingerprint density at radius 1 is 0.594 bits per heavy atom. The molecule has 4 aromatic rings. The van der Waals surface area contributed by atoms with Gasteiger partial charge in [-0.1, -0.05) is 108 Å². The van der Waals surface area contributed by atoms with E-state index in [1.54, 1.807) is 0 Å². The van der Waals surface area contributed by atoms with Crippen LogP contribution in [0.5, 0.6) is 0 Å². The number of anilines is 2. The molecule has 2 heteroatoms. The zero-order valence-corrected chi connectivity index (χ0v) is 19.4. The zero-order valence-electron chi connectivity index (χ0n) is 17.8. The highest BCUT2D eigenvalue weighted by molar-refractivity contribution is 9.10. The number of hydrogen-bond donors (Lipinski definition) is 0. The number of nitrogens with zero attached hydrogens (tertiary/aromatic N) is 1. The average Bonchev–Trinajstić information content (AvgIpc) is 2.86. The van der Waals surface area contributed by atoms with E-state index in [9.17, 15) is 0 Å². The van der Waals surface area contributed by atoms with Crippen molar-refractivity contribution in [3.8, 4) is 11.1 Å². The predicted molar refractivity (Wildman–Crippen MR) is 142 cm³/mol. The third-order valence-electron chi connectivity index (χ3n) is 5.32. The van der Waals surface area contributed by atoms with Gasteiger partial charge < -0.3 is 4.90 Å². The van der Waals surface area contributed by atoms with Crippen LogP contribution in [0.25, 0.3) is 16.7 Å². The number of allylic oxidation sites excluding steroid dienone is 3. The summed E-state index contributed by atoms with van der Waals surface area (Å²) in [5, 5.41) is 0. The van der Waals surface area contributed by atoms with E-state index in [-0.39, 0.29) is 0 Å². The molecule has 0 bridgehead atoms. The first kappa shape index (κ1) is 21.6. The van der Waals surface area contributed by atoms with E-state index in [1.807, 2.05) is 36.4 Å². The summed E-state index contributed by atoms with van der Waals surface area (Å²) in [4.78, 5) is 2.22. The molecular weight excluding hydrogens is 454 g/mol. The summed E-state index contributed by atoms with van der Waals surface area (Å²) in [5.41, 5.74) is 7.58. The van der Waals surface area contributed by atoms with Gasteiger partial charge in [-0.25, -0.2) is 0 Å². The predicted octanol–water partition coefficient (Wildman–Crippen LogP) is 9.04. The van der Waals surface area contributed by atoms with Gasteiger partial charge in [-0.3, -0.25) is 0 Å². The molecule has 0 atom stereocenters. The number of benzene rings is 4. The van der Waals surface area contributed by atoms with E-state index in [0.717, 1.165) is 32.7 Å². The highest BCUT2D eigenvalue weighted by atomic mass is 79.9. The molecule has 4 aromatic carbocycles. The largest absolute Gasteiger partial charge is 0.310 e. The lowest BCUT2D eigenvalue weighted by Gasteiger charge is -2.28. The monoisotopic (exact) mass is 477 g/mol. The second kappa shape index (κ2) is 10.1. The molecule has 32 heavy (non-hydrogen) atoms. The van der Waals surface area contributed by atoms with Crippen LogP contribution in [-0.4, -0.2) is 0 Å². The highest BCUT2D eigenvalue weighted by Gasteiger charge is 2.17. The Morgan fingerprint density at radius 2 is 1.09 bits per heavy atom. The van der Waals surface area contributed by atoms with E-state index in [2.05, 4.69) is 119 Å². The second-order valence-corrected chi connectivity index (χ2v) is 8.21. The molecule has 156 valence electrons. The first-order valence-corrected chi connectivity index (χ1v) is 11.3. The van der Waals surface area contributed by atoms with Gasteiger partial charge in [-0.2, -0.15) is 0 Å². The molecule has 1 nitrogen and oxygen atoms in total. The van der Waals surface area contributed by atoms with Gasteiger partial charge in [-0.15, -0.1) is 0 Å². The lowest BCUT2D eigenvalue weighted by Crippen LogP contribution is -2.16. The SMILES string of the molecule is C=C/C(=C(\C=C)N(c1ccc(Br)cc1)c1ccc(-c2ccccc2)cc1)c1ccccc1. The molecule has 0 aliphatic carbocycles. The van der Waals surface area contributed by atoms with Gasteiger partial charge in [0.15, 0.2) is 0 Å². The third kappa shape index (κ3) is 4.66. The lowest BCUT2D eigenvalue weighted by atomic mass is 10.0. The zero-order chi connectivity index (χ0) is 22.3. The van der Waals surface area contributed by atoms with Gasteiger partial charge in [0.1, 0.15) is 0 Å². The molecule has 0 unspecified atom stereocenters. The normalized spacial score (nSPS) is 11.4. The first-order chi connectivity index (χ1) is 15.7. The van der Waals surface area contributed by atoms with Crippen LogP contribution in [0.2, 0.25) is 0 Å². The van der Waals surface area contributed by atoms with Crippen molar-refractivity contribution >= 4 is 32.9 Å². The van der Waals surface area contributed by atoms with Crippen molar-refractivity contribution in [2.75, 3.05) is 4.90 Å². The van der Waals surface area contributed by atoms with Gasteiger partial charge in [0.25, 0.3) is 0 Å². The molecule has 4 rings (SSSR count). The van der Waals surface area contributed by atoms with Crippen molar-refractivity contribution in [1.82, 2.24) is 0 Å². The van der Waals surface area contributed by atoms with Gasteiger partial charge >= 0.3 is 0 Å². The van der Waals surface area contributed by atoms with Gasteiger partial charge in [0.05, 0.1) is 5.70 Å². The molecule has 0 radical (unpaired) electrons. The van der Waals surface area contributed by atoms with E-state index in [1.165, 1.54) is 11.1 Å². The Labute approximate surface area is 198 Å².